The van der Waals surface area contributed by atoms with E-state index in [4.69, 9.17) is 25.7 Å². The first-order chi connectivity index (χ1) is 18.9. The summed E-state index contributed by atoms with van der Waals surface area (Å²) in [6.45, 7) is 5.72. The van der Waals surface area contributed by atoms with E-state index in [2.05, 4.69) is 50.0 Å². The highest BCUT2D eigenvalue weighted by Gasteiger charge is 2.19. The van der Waals surface area contributed by atoms with Gasteiger partial charge in [-0.25, -0.2) is 0 Å². The van der Waals surface area contributed by atoms with Crippen molar-refractivity contribution in [1.82, 2.24) is 0 Å². The van der Waals surface area contributed by atoms with E-state index in [1.807, 2.05) is 0 Å². The predicted octanol–water partition coefficient (Wildman–Crippen LogP) is 6.45. The maximum atomic E-state index is 12.2. The first-order valence-electron chi connectivity index (χ1n) is 14.5. The van der Waals surface area contributed by atoms with Gasteiger partial charge in [-0.3, -0.25) is 14.4 Å². The number of hydrogen-bond donors (Lipinski definition) is 2. The van der Waals surface area contributed by atoms with Crippen LogP contribution in [-0.4, -0.2) is 49.8 Å². The van der Waals surface area contributed by atoms with Gasteiger partial charge in [0.25, 0.3) is 0 Å². The fourth-order valence-corrected chi connectivity index (χ4v) is 3.41. The number of nitrogens with two attached hydrogens (primary N) is 2. The minimum absolute atomic E-state index is 0. The molecule has 0 radical (unpaired) electrons. The van der Waals surface area contributed by atoms with Gasteiger partial charge in [0.2, 0.25) is 0 Å². The van der Waals surface area contributed by atoms with Gasteiger partial charge < -0.3 is 25.7 Å². The number of ether oxygens (including phenoxy) is 3. The van der Waals surface area contributed by atoms with Crippen molar-refractivity contribution in [2.45, 2.75) is 109 Å². The van der Waals surface area contributed by atoms with Crippen LogP contribution in [0.1, 0.15) is 96.8 Å². The fourth-order valence-electron chi connectivity index (χ4n) is 3.41. The Balaban J connectivity index is -0.00000722. The second-order valence-corrected chi connectivity index (χ2v) is 9.41. The van der Waals surface area contributed by atoms with Crippen molar-refractivity contribution < 1.29 is 28.6 Å². The van der Waals surface area contributed by atoms with E-state index in [1.165, 1.54) is 0 Å². The van der Waals surface area contributed by atoms with Crippen LogP contribution in [0.2, 0.25) is 0 Å². The van der Waals surface area contributed by atoms with Crippen molar-refractivity contribution in [2.75, 3.05) is 19.8 Å². The Kier molecular flexibility index (Phi) is 34.2. The first kappa shape index (κ1) is 43.3. The third kappa shape index (κ3) is 30.7. The van der Waals surface area contributed by atoms with Crippen LogP contribution in [0.4, 0.5) is 0 Å². The van der Waals surface area contributed by atoms with Crippen molar-refractivity contribution in [3.05, 3.63) is 49.1 Å². The lowest BCUT2D eigenvalue weighted by molar-refractivity contribution is -0.167. The Bertz CT molecular complexity index is 759. The summed E-state index contributed by atoms with van der Waals surface area (Å²) in [6, 6.07) is -0.296. The molecule has 0 heterocycles. The predicted molar refractivity (Wildman–Crippen MR) is 171 cm³/mol. The van der Waals surface area contributed by atoms with Crippen LogP contribution < -0.4 is 11.5 Å². The molecule has 0 bridgehead atoms. The molecule has 0 aromatic heterocycles. The smallest absolute Gasteiger partial charge is 0.306 e. The minimum atomic E-state index is -0.863. The topological polar surface area (TPSA) is 131 Å². The highest BCUT2D eigenvalue weighted by atomic mass is 35.5. The summed E-state index contributed by atoms with van der Waals surface area (Å²) in [5, 5.41) is 0. The van der Waals surface area contributed by atoms with Crippen LogP contribution in [0.5, 0.6) is 0 Å². The van der Waals surface area contributed by atoms with Gasteiger partial charge in [0.1, 0.15) is 13.2 Å². The van der Waals surface area contributed by atoms with E-state index in [-0.39, 0.29) is 62.9 Å². The molecule has 41 heavy (non-hydrogen) atoms. The van der Waals surface area contributed by atoms with Gasteiger partial charge in [0, 0.05) is 25.3 Å². The summed E-state index contributed by atoms with van der Waals surface area (Å²) < 4.78 is 15.8. The molecule has 2 unspecified atom stereocenters. The lowest BCUT2D eigenvalue weighted by Gasteiger charge is -2.18. The van der Waals surface area contributed by atoms with Crippen LogP contribution in [0.25, 0.3) is 0 Å². The fraction of sp³-hybridized carbons (Fsp3) is 0.645. The van der Waals surface area contributed by atoms with E-state index >= 15 is 0 Å². The summed E-state index contributed by atoms with van der Waals surface area (Å²) in [6.07, 6.45) is 24.5. The Hall–Kier alpha value is -2.13. The summed E-state index contributed by atoms with van der Waals surface area (Å²) in [5.74, 6) is -1.30. The van der Waals surface area contributed by atoms with E-state index in [9.17, 15) is 14.4 Å². The molecular formula is C31H54Cl2N2O6. The minimum Gasteiger partial charge on any atom is -0.462 e. The number of carbonyl (C=O) groups is 3. The molecule has 4 N–H and O–H groups in total. The number of rotatable bonds is 25. The zero-order chi connectivity index (χ0) is 29.0. The number of hydrogen-bond acceptors (Lipinski definition) is 8. The summed E-state index contributed by atoms with van der Waals surface area (Å²) >= 11 is 0. The molecule has 0 aromatic rings. The van der Waals surface area contributed by atoms with Gasteiger partial charge in [-0.05, 0) is 57.9 Å². The quantitative estimate of drug-likeness (QED) is 0.0515. The zero-order valence-corrected chi connectivity index (χ0v) is 26.5. The molecule has 0 aliphatic rings. The molecule has 0 fully saturated rings. The zero-order valence-electron chi connectivity index (χ0n) is 24.8. The number of allylic oxidation sites excluding steroid dienone is 6. The molecule has 0 saturated carbocycles. The van der Waals surface area contributed by atoms with Crippen LogP contribution in [0.15, 0.2) is 49.1 Å². The van der Waals surface area contributed by atoms with Gasteiger partial charge >= 0.3 is 17.9 Å². The Morgan fingerprint density at radius 2 is 1.27 bits per heavy atom. The van der Waals surface area contributed by atoms with Crippen molar-refractivity contribution in [3.63, 3.8) is 0 Å². The molecule has 0 aliphatic heterocycles. The van der Waals surface area contributed by atoms with E-state index in [1.54, 1.807) is 6.08 Å². The van der Waals surface area contributed by atoms with Crippen molar-refractivity contribution >= 4 is 42.7 Å². The second kappa shape index (κ2) is 32.4. The van der Waals surface area contributed by atoms with Crippen LogP contribution >= 0.6 is 24.8 Å². The Labute approximate surface area is 260 Å². The molecule has 10 heteroatoms. The first-order valence-corrected chi connectivity index (χ1v) is 14.5. The molecule has 0 amide bonds. The normalized spacial score (nSPS) is 12.5. The molecule has 2 atom stereocenters. The van der Waals surface area contributed by atoms with Crippen LogP contribution in [0.3, 0.4) is 0 Å². The van der Waals surface area contributed by atoms with E-state index in [0.717, 1.165) is 57.8 Å². The van der Waals surface area contributed by atoms with Gasteiger partial charge in [-0.15, -0.1) is 31.4 Å². The molecule has 0 spiro atoms. The van der Waals surface area contributed by atoms with Gasteiger partial charge in [-0.2, -0.15) is 0 Å². The number of halogens is 2. The molecule has 8 nitrogen and oxygen atoms in total. The van der Waals surface area contributed by atoms with Crippen molar-refractivity contribution in [1.29, 1.82) is 0 Å². The van der Waals surface area contributed by atoms with Crippen LogP contribution in [0, 0.1) is 0 Å². The van der Waals surface area contributed by atoms with Crippen molar-refractivity contribution in [2.24, 2.45) is 11.5 Å². The summed E-state index contributed by atoms with van der Waals surface area (Å²) in [7, 11) is 0. The third-order valence-corrected chi connectivity index (χ3v) is 5.76. The average Bonchev–Trinajstić information content (AvgIpc) is 2.93. The molecule has 0 aromatic carbocycles. The lowest BCUT2D eigenvalue weighted by atomic mass is 10.1. The Morgan fingerprint density at radius 1 is 0.732 bits per heavy atom. The monoisotopic (exact) mass is 620 g/mol. The molecule has 238 valence electrons. The third-order valence-electron chi connectivity index (χ3n) is 5.76. The molecular weight excluding hydrogens is 567 g/mol. The molecule has 0 rings (SSSR count). The van der Waals surface area contributed by atoms with E-state index < -0.39 is 18.0 Å². The number of esters is 3. The lowest BCUT2D eigenvalue weighted by Crippen LogP contribution is -2.31. The summed E-state index contributed by atoms with van der Waals surface area (Å²) in [5.41, 5.74) is 11.1. The van der Waals surface area contributed by atoms with Gasteiger partial charge in [0.05, 0.1) is 0 Å². The highest BCUT2D eigenvalue weighted by Crippen LogP contribution is 2.10. The largest absolute Gasteiger partial charge is 0.462 e. The van der Waals surface area contributed by atoms with E-state index in [0.29, 0.717) is 25.8 Å². The maximum Gasteiger partial charge on any atom is 0.306 e. The SMILES string of the molecule is C=CC(N)CCC(=O)OCC(COC(=O)CCCCCCC/C=C\C/C=C\C/C=C\CC)OC(=O)CCCN.Cl.Cl. The molecule has 0 aliphatic carbocycles. The average molecular weight is 622 g/mol. The summed E-state index contributed by atoms with van der Waals surface area (Å²) in [4.78, 5) is 36.1. The molecule has 0 saturated heterocycles. The van der Waals surface area contributed by atoms with Gasteiger partial charge in [0.15, 0.2) is 6.10 Å². The number of unbranched alkanes of at least 4 members (excludes halogenated alkanes) is 5. The standard InChI is InChI=1S/C31H52N2O6.2ClH/c1-3-5-6-7-8-9-10-11-12-13-14-15-16-17-18-20-29(34)37-25-28(39-31(36)21-19-24-32)26-38-30(35)23-22-27(33)4-2;;/h4-6,8-9,11-12,27-28H,2-3,7,10,13-26,32-33H2,1H3;2*1H/b6-5-,9-8-,12-11-;;. The Morgan fingerprint density at radius 3 is 1.88 bits per heavy atom. The number of carbonyl (C=O) groups excluding carboxylic acids is 3. The maximum absolute atomic E-state index is 12.2. The highest BCUT2D eigenvalue weighted by molar-refractivity contribution is 5.85. The van der Waals surface area contributed by atoms with Crippen LogP contribution in [-0.2, 0) is 28.6 Å². The van der Waals surface area contributed by atoms with Gasteiger partial charge in [-0.1, -0.05) is 68.7 Å². The second-order valence-electron chi connectivity index (χ2n) is 9.41. The van der Waals surface area contributed by atoms with Crippen molar-refractivity contribution in [3.8, 4) is 0 Å².